The molecule has 3 heteroatoms. The molecule has 0 aliphatic rings. The molecule has 0 saturated heterocycles. The summed E-state index contributed by atoms with van der Waals surface area (Å²) < 4.78 is 1.03. The van der Waals surface area contributed by atoms with Crippen molar-refractivity contribution in [2.24, 2.45) is 5.92 Å². The molecular weight excluding hydrogens is 298 g/mol. The molecule has 0 radical (unpaired) electrons. The van der Waals surface area contributed by atoms with E-state index in [-0.39, 0.29) is 0 Å². The summed E-state index contributed by atoms with van der Waals surface area (Å²) in [7, 11) is 0. The first kappa shape index (κ1) is 15.0. The summed E-state index contributed by atoms with van der Waals surface area (Å²) in [5.74, 6) is 0.596. The van der Waals surface area contributed by atoms with Gasteiger partial charge in [-0.2, -0.15) is 0 Å². The Labute approximate surface area is 118 Å². The van der Waals surface area contributed by atoms with Gasteiger partial charge < -0.3 is 5.32 Å². The number of hydrogen-bond donors (Lipinski definition) is 1. The summed E-state index contributed by atoms with van der Waals surface area (Å²) in [6.45, 7) is 7.61. The van der Waals surface area contributed by atoms with Gasteiger partial charge in [-0.25, -0.2) is 0 Å². The number of halogens is 2. The van der Waals surface area contributed by atoms with Crippen LogP contribution in [0.3, 0.4) is 0 Å². The molecule has 2 atom stereocenters. The Morgan fingerprint density at radius 2 is 2.06 bits per heavy atom. The molecule has 1 nitrogen and oxygen atoms in total. The molecule has 0 amide bonds. The highest BCUT2D eigenvalue weighted by Gasteiger charge is 2.20. The van der Waals surface area contributed by atoms with Crippen LogP contribution in [0, 0.1) is 5.92 Å². The molecule has 0 fully saturated rings. The van der Waals surface area contributed by atoms with Gasteiger partial charge in [0.15, 0.2) is 0 Å². The lowest BCUT2D eigenvalue weighted by Crippen LogP contribution is -2.27. The third-order valence-electron chi connectivity index (χ3n) is 3.03. The maximum Gasteiger partial charge on any atom is 0.0465 e. The predicted octanol–water partition coefficient (Wildman–Crippen LogP) is 5.19. The molecule has 17 heavy (non-hydrogen) atoms. The van der Waals surface area contributed by atoms with Gasteiger partial charge in [-0.05, 0) is 36.6 Å². The van der Waals surface area contributed by atoms with E-state index in [1.807, 2.05) is 6.07 Å². The van der Waals surface area contributed by atoms with Crippen LogP contribution >= 0.6 is 27.5 Å². The average Bonchev–Trinajstić information content (AvgIpc) is 2.27. The molecule has 96 valence electrons. The number of nitrogens with one attached hydrogen (secondary N) is 1. The minimum absolute atomic E-state index is 0.348. The molecule has 1 N–H and O–H groups in total. The molecule has 0 aliphatic carbocycles. The third kappa shape index (κ3) is 4.27. The van der Waals surface area contributed by atoms with Crippen molar-refractivity contribution in [3.05, 3.63) is 33.3 Å². The zero-order chi connectivity index (χ0) is 12.8. The minimum Gasteiger partial charge on any atom is -0.310 e. The van der Waals surface area contributed by atoms with Gasteiger partial charge in [-0.3, -0.25) is 0 Å². The van der Waals surface area contributed by atoms with Crippen LogP contribution in [0.15, 0.2) is 22.7 Å². The van der Waals surface area contributed by atoms with Crippen molar-refractivity contribution in [2.45, 2.75) is 39.7 Å². The Morgan fingerprint density at radius 3 is 2.59 bits per heavy atom. The fourth-order valence-electron chi connectivity index (χ4n) is 2.21. The van der Waals surface area contributed by atoms with E-state index in [0.29, 0.717) is 12.0 Å². The molecule has 0 spiro atoms. The predicted molar refractivity (Wildman–Crippen MR) is 79.6 cm³/mol. The normalized spacial score (nSPS) is 14.6. The standard InChI is InChI=1S/C14H21BrClN/c1-4-6-10(3)14(17-5-2)12-8-7-11(15)9-13(12)16/h7-10,14,17H,4-6H2,1-3H3. The fourth-order valence-corrected chi connectivity index (χ4v) is 3.00. The van der Waals surface area contributed by atoms with Gasteiger partial charge >= 0.3 is 0 Å². The maximum atomic E-state index is 6.33. The molecule has 1 aromatic carbocycles. The fraction of sp³-hybridized carbons (Fsp3) is 0.571. The smallest absolute Gasteiger partial charge is 0.0465 e. The highest BCUT2D eigenvalue weighted by Crippen LogP contribution is 2.32. The first-order chi connectivity index (χ1) is 8.10. The van der Waals surface area contributed by atoms with Crippen LogP contribution in [-0.2, 0) is 0 Å². The van der Waals surface area contributed by atoms with E-state index in [1.165, 1.54) is 18.4 Å². The Balaban J connectivity index is 2.96. The van der Waals surface area contributed by atoms with Gasteiger partial charge in [0.1, 0.15) is 0 Å². The zero-order valence-corrected chi connectivity index (χ0v) is 13.1. The molecular formula is C14H21BrClN. The van der Waals surface area contributed by atoms with E-state index >= 15 is 0 Å². The second-order valence-electron chi connectivity index (χ2n) is 4.47. The van der Waals surface area contributed by atoms with Crippen LogP contribution in [-0.4, -0.2) is 6.54 Å². The van der Waals surface area contributed by atoms with E-state index < -0.39 is 0 Å². The monoisotopic (exact) mass is 317 g/mol. The van der Waals surface area contributed by atoms with E-state index in [9.17, 15) is 0 Å². The Kier molecular flexibility index (Phi) is 6.53. The van der Waals surface area contributed by atoms with Gasteiger partial charge in [0.05, 0.1) is 0 Å². The number of benzene rings is 1. The zero-order valence-electron chi connectivity index (χ0n) is 10.8. The molecule has 0 saturated carbocycles. The van der Waals surface area contributed by atoms with Gasteiger partial charge in [0, 0.05) is 15.5 Å². The van der Waals surface area contributed by atoms with Crippen LogP contribution in [0.1, 0.15) is 45.2 Å². The summed E-state index contributed by atoms with van der Waals surface area (Å²) in [5, 5.41) is 4.39. The van der Waals surface area contributed by atoms with Crippen molar-refractivity contribution in [2.75, 3.05) is 6.54 Å². The topological polar surface area (TPSA) is 12.0 Å². The lowest BCUT2D eigenvalue weighted by atomic mass is 9.91. The highest BCUT2D eigenvalue weighted by molar-refractivity contribution is 9.10. The second-order valence-corrected chi connectivity index (χ2v) is 5.79. The molecule has 0 heterocycles. The van der Waals surface area contributed by atoms with Gasteiger partial charge in [0.2, 0.25) is 0 Å². The lowest BCUT2D eigenvalue weighted by molar-refractivity contribution is 0.369. The Hall–Kier alpha value is -0.0500. The van der Waals surface area contributed by atoms with Crippen molar-refractivity contribution in [3.63, 3.8) is 0 Å². The van der Waals surface area contributed by atoms with E-state index in [0.717, 1.165) is 16.0 Å². The SMILES string of the molecule is CCCC(C)C(NCC)c1ccc(Br)cc1Cl. The van der Waals surface area contributed by atoms with Crippen LogP contribution in [0.4, 0.5) is 0 Å². The van der Waals surface area contributed by atoms with Gasteiger partial charge in [-0.15, -0.1) is 0 Å². The van der Waals surface area contributed by atoms with Gasteiger partial charge in [0.25, 0.3) is 0 Å². The summed E-state index contributed by atoms with van der Waals surface area (Å²) in [5.41, 5.74) is 1.21. The van der Waals surface area contributed by atoms with E-state index in [2.05, 4.69) is 54.2 Å². The Bertz CT molecular complexity index is 354. The summed E-state index contributed by atoms with van der Waals surface area (Å²) in [4.78, 5) is 0. The molecule has 0 aromatic heterocycles. The van der Waals surface area contributed by atoms with Gasteiger partial charge in [-0.1, -0.05) is 60.8 Å². The number of rotatable bonds is 6. The van der Waals surface area contributed by atoms with Crippen molar-refractivity contribution in [3.8, 4) is 0 Å². The van der Waals surface area contributed by atoms with Crippen molar-refractivity contribution in [1.82, 2.24) is 5.32 Å². The molecule has 1 aromatic rings. The second kappa shape index (κ2) is 7.40. The maximum absolute atomic E-state index is 6.33. The molecule has 0 bridgehead atoms. The van der Waals surface area contributed by atoms with Crippen molar-refractivity contribution in [1.29, 1.82) is 0 Å². The van der Waals surface area contributed by atoms with Crippen LogP contribution < -0.4 is 5.32 Å². The largest absolute Gasteiger partial charge is 0.310 e. The first-order valence-corrected chi connectivity index (χ1v) is 7.45. The average molecular weight is 319 g/mol. The Morgan fingerprint density at radius 1 is 1.35 bits per heavy atom. The quantitative estimate of drug-likeness (QED) is 0.761. The van der Waals surface area contributed by atoms with Crippen LogP contribution in [0.2, 0.25) is 5.02 Å². The summed E-state index contributed by atoms with van der Waals surface area (Å²) >= 11 is 9.78. The highest BCUT2D eigenvalue weighted by atomic mass is 79.9. The first-order valence-electron chi connectivity index (χ1n) is 6.28. The molecule has 0 aliphatic heterocycles. The number of hydrogen-bond acceptors (Lipinski definition) is 1. The molecule has 1 rings (SSSR count). The van der Waals surface area contributed by atoms with E-state index in [4.69, 9.17) is 11.6 Å². The van der Waals surface area contributed by atoms with Crippen LogP contribution in [0.5, 0.6) is 0 Å². The lowest BCUT2D eigenvalue weighted by Gasteiger charge is -2.26. The molecule has 2 unspecified atom stereocenters. The van der Waals surface area contributed by atoms with Crippen molar-refractivity contribution >= 4 is 27.5 Å². The summed E-state index contributed by atoms with van der Waals surface area (Å²) in [6.07, 6.45) is 2.42. The van der Waals surface area contributed by atoms with E-state index in [1.54, 1.807) is 0 Å². The van der Waals surface area contributed by atoms with Crippen LogP contribution in [0.25, 0.3) is 0 Å². The summed E-state index contributed by atoms with van der Waals surface area (Å²) in [6, 6.07) is 6.50. The third-order valence-corrected chi connectivity index (χ3v) is 3.86. The van der Waals surface area contributed by atoms with Crippen molar-refractivity contribution < 1.29 is 0 Å². The minimum atomic E-state index is 0.348.